The highest BCUT2D eigenvalue weighted by atomic mass is 32.1. The van der Waals surface area contributed by atoms with Gasteiger partial charge in [-0.25, -0.2) is 4.79 Å². The smallest absolute Gasteiger partial charge is 0.336 e. The molecule has 8 heteroatoms. The fraction of sp³-hybridized carbons (Fsp3) is 0.833. The maximum absolute atomic E-state index is 12.1. The van der Waals surface area contributed by atoms with Crippen molar-refractivity contribution in [3.8, 4) is 0 Å². The molecule has 1 unspecified atom stereocenters. The number of ether oxygens (including phenoxy) is 1. The van der Waals surface area contributed by atoms with Crippen LogP contribution in [0.15, 0.2) is 5.18 Å². The van der Waals surface area contributed by atoms with Crippen molar-refractivity contribution in [3.05, 3.63) is 4.91 Å². The van der Waals surface area contributed by atoms with Gasteiger partial charge in [0, 0.05) is 12.8 Å². The Morgan fingerprint density at radius 2 is 1.95 bits per heavy atom. The zero-order valence-corrected chi connectivity index (χ0v) is 13.0. The number of ketones is 1. The third-order valence-corrected chi connectivity index (χ3v) is 4.48. The molecule has 0 spiro atoms. The van der Waals surface area contributed by atoms with Gasteiger partial charge < -0.3 is 10.5 Å². The van der Waals surface area contributed by atoms with E-state index in [2.05, 4.69) is 18.0 Å². The van der Waals surface area contributed by atoms with Gasteiger partial charge in [-0.1, -0.05) is 5.18 Å². The lowest BCUT2D eigenvalue weighted by Gasteiger charge is -2.45. The molecule has 1 heterocycles. The maximum atomic E-state index is 12.1. The van der Waals surface area contributed by atoms with Crippen molar-refractivity contribution in [2.75, 3.05) is 26.7 Å². The highest BCUT2D eigenvalue weighted by Gasteiger charge is 2.62. The number of rotatable bonds is 5. The van der Waals surface area contributed by atoms with Gasteiger partial charge in [0.05, 0.1) is 39.6 Å². The second kappa shape index (κ2) is 5.79. The number of hydrogen-bond donors (Lipinski definition) is 2. The molecule has 114 valence electrons. The van der Waals surface area contributed by atoms with Crippen molar-refractivity contribution >= 4 is 24.6 Å². The Labute approximate surface area is 123 Å². The van der Waals surface area contributed by atoms with E-state index in [0.717, 1.165) is 0 Å². The molecule has 20 heavy (non-hydrogen) atoms. The number of likely N-dealkylation sites (tertiary alicyclic amines) is 1. The molecule has 0 aromatic carbocycles. The van der Waals surface area contributed by atoms with Crippen molar-refractivity contribution < 1.29 is 18.2 Å². The van der Waals surface area contributed by atoms with Crippen molar-refractivity contribution in [2.45, 2.75) is 37.8 Å². The topological polar surface area (TPSA) is 98.8 Å². The Hall–Kier alpha value is -0.990. The van der Waals surface area contributed by atoms with E-state index in [9.17, 15) is 14.5 Å². The minimum atomic E-state index is -2.03. The van der Waals surface area contributed by atoms with Gasteiger partial charge in [0.2, 0.25) is 5.54 Å². The van der Waals surface area contributed by atoms with Gasteiger partial charge in [-0.3, -0.25) is 8.68 Å². The fourth-order valence-corrected chi connectivity index (χ4v) is 2.75. The van der Waals surface area contributed by atoms with Crippen molar-refractivity contribution in [1.82, 2.24) is 0 Å². The summed E-state index contributed by atoms with van der Waals surface area (Å²) < 4.78 is 5.29. The molecule has 1 aliphatic heterocycles. The van der Waals surface area contributed by atoms with Crippen LogP contribution in [0.5, 0.6) is 0 Å². The van der Waals surface area contributed by atoms with E-state index < -0.39 is 22.8 Å². The third kappa shape index (κ3) is 2.72. The minimum absolute atomic E-state index is 0.0837. The lowest BCUT2D eigenvalue weighted by Crippen LogP contribution is -2.72. The molecule has 0 aliphatic carbocycles. The Balaban J connectivity index is 3.20. The Morgan fingerprint density at radius 3 is 2.30 bits per heavy atom. The second-order valence-corrected chi connectivity index (χ2v) is 6.46. The third-order valence-electron chi connectivity index (χ3n) is 4.08. The van der Waals surface area contributed by atoms with Crippen molar-refractivity contribution in [3.63, 3.8) is 0 Å². The Kier molecular flexibility index (Phi) is 4.94. The number of Topliss-reactive ketones (excluding diaryl/α,β-unsaturated/α-hetero) is 1. The maximum Gasteiger partial charge on any atom is 0.336 e. The Morgan fingerprint density at radius 1 is 1.45 bits per heavy atom. The number of nitrogens with two attached hydrogens (primary N) is 1. The first-order valence-electron chi connectivity index (χ1n) is 6.54. The molecule has 1 atom stereocenters. The standard InChI is InChI=1S/C12H22N3O4S/c1-4-19-10(17)12(13,9(2)16)11(14-18)5-7-15(3,20)8-6-11/h20H,4-8,13H2,1-3H3/q+1. The molecule has 1 fully saturated rings. The summed E-state index contributed by atoms with van der Waals surface area (Å²) in [5.41, 5.74) is 2.53. The molecule has 0 aromatic heterocycles. The van der Waals surface area contributed by atoms with E-state index in [0.29, 0.717) is 17.0 Å². The first-order chi connectivity index (χ1) is 9.15. The van der Waals surface area contributed by atoms with E-state index in [1.807, 2.05) is 7.05 Å². The number of piperidine rings is 1. The summed E-state index contributed by atoms with van der Waals surface area (Å²) in [6, 6.07) is 0. The van der Waals surface area contributed by atoms with Crippen LogP contribution >= 0.6 is 12.8 Å². The molecule has 0 aromatic rings. The lowest BCUT2D eigenvalue weighted by atomic mass is 9.69. The molecule has 0 bridgehead atoms. The van der Waals surface area contributed by atoms with Gasteiger partial charge in [-0.15, -0.1) is 0 Å². The monoisotopic (exact) mass is 304 g/mol. The van der Waals surface area contributed by atoms with Gasteiger partial charge in [0.25, 0.3) is 0 Å². The molecule has 1 aliphatic rings. The SMILES string of the molecule is CCOC(=O)C(N)(C(C)=O)C1(N=O)CC[N+](C)(S)CC1. The van der Waals surface area contributed by atoms with Crippen LogP contribution in [-0.4, -0.2) is 53.5 Å². The van der Waals surface area contributed by atoms with Crippen LogP contribution in [0.25, 0.3) is 0 Å². The van der Waals surface area contributed by atoms with Crippen LogP contribution < -0.4 is 5.73 Å². The predicted octanol–water partition coefficient (Wildman–Crippen LogP) is 0.426. The summed E-state index contributed by atoms with van der Waals surface area (Å²) in [5, 5.41) is 3.10. The van der Waals surface area contributed by atoms with E-state index in [4.69, 9.17) is 10.5 Å². The van der Waals surface area contributed by atoms with Crippen molar-refractivity contribution in [1.29, 1.82) is 0 Å². The van der Waals surface area contributed by atoms with Gasteiger partial charge in [-0.2, -0.15) is 4.91 Å². The molecule has 1 rings (SSSR count). The zero-order valence-electron chi connectivity index (χ0n) is 12.1. The van der Waals surface area contributed by atoms with Gasteiger partial charge in [0.15, 0.2) is 5.78 Å². The summed E-state index contributed by atoms with van der Waals surface area (Å²) in [5.74, 6) is -1.49. The number of nitroso groups, excluding NO2 is 1. The number of nitrogens with zero attached hydrogens (tertiary/aromatic N) is 2. The number of quaternary nitrogens is 1. The predicted molar refractivity (Wildman–Crippen MR) is 76.9 cm³/mol. The van der Waals surface area contributed by atoms with Gasteiger partial charge in [0.1, 0.15) is 5.54 Å². The van der Waals surface area contributed by atoms with E-state index in [1.54, 1.807) is 6.92 Å². The number of carbonyl (C=O) groups is 2. The van der Waals surface area contributed by atoms with E-state index in [-0.39, 0.29) is 19.4 Å². The zero-order chi connectivity index (χ0) is 15.6. The van der Waals surface area contributed by atoms with Crippen molar-refractivity contribution in [2.24, 2.45) is 10.9 Å². The van der Waals surface area contributed by atoms with Crippen LogP contribution in [0.2, 0.25) is 0 Å². The highest BCUT2D eigenvalue weighted by molar-refractivity contribution is 7.74. The fourth-order valence-electron chi connectivity index (χ4n) is 2.55. The first-order valence-corrected chi connectivity index (χ1v) is 6.94. The molecule has 0 radical (unpaired) electrons. The van der Waals surface area contributed by atoms with Crippen LogP contribution in [-0.2, 0) is 14.3 Å². The summed E-state index contributed by atoms with van der Waals surface area (Å²) in [6.45, 7) is 3.86. The van der Waals surface area contributed by atoms with Gasteiger partial charge in [-0.05, 0) is 13.8 Å². The Bertz CT molecular complexity index is 417. The number of carbonyl (C=O) groups excluding carboxylic acids is 2. The average molecular weight is 304 g/mol. The molecule has 7 nitrogen and oxygen atoms in total. The lowest BCUT2D eigenvalue weighted by molar-refractivity contribution is -0.778. The summed E-state index contributed by atoms with van der Waals surface area (Å²) in [7, 11) is 1.88. The average Bonchev–Trinajstić information content (AvgIpc) is 2.38. The quantitative estimate of drug-likeness (QED) is 0.252. The van der Waals surface area contributed by atoms with Crippen LogP contribution in [0.4, 0.5) is 0 Å². The molecular weight excluding hydrogens is 282 g/mol. The van der Waals surface area contributed by atoms with Gasteiger partial charge >= 0.3 is 5.97 Å². The van der Waals surface area contributed by atoms with E-state index >= 15 is 0 Å². The molecule has 0 saturated carbocycles. The molecule has 0 amide bonds. The molecular formula is C12H22N3O4S+. The molecule has 2 N–H and O–H groups in total. The number of thiol groups is 1. The highest BCUT2D eigenvalue weighted by Crippen LogP contribution is 2.39. The largest absolute Gasteiger partial charge is 0.464 e. The van der Waals surface area contributed by atoms with E-state index in [1.165, 1.54) is 6.92 Å². The van der Waals surface area contributed by atoms with Crippen LogP contribution in [0.1, 0.15) is 26.7 Å². The first kappa shape index (κ1) is 17.1. The van der Waals surface area contributed by atoms with Crippen LogP contribution in [0, 0.1) is 4.91 Å². The summed E-state index contributed by atoms with van der Waals surface area (Å²) >= 11 is 4.43. The van der Waals surface area contributed by atoms with Crippen LogP contribution in [0.3, 0.4) is 0 Å². The number of esters is 1. The second-order valence-electron chi connectivity index (χ2n) is 5.49. The minimum Gasteiger partial charge on any atom is -0.464 e. The summed E-state index contributed by atoms with van der Waals surface area (Å²) in [4.78, 5) is 35.5. The normalized spacial score (nSPS) is 33.0. The number of hydrogen-bond acceptors (Lipinski definition) is 7. The summed E-state index contributed by atoms with van der Waals surface area (Å²) in [6.07, 6.45) is 0.427. The molecule has 1 saturated heterocycles.